The monoisotopic (exact) mass is 409 g/mol. The fourth-order valence-corrected chi connectivity index (χ4v) is 3.13. The van der Waals surface area contributed by atoms with Crippen LogP contribution in [0.5, 0.6) is 0 Å². The summed E-state index contributed by atoms with van der Waals surface area (Å²) < 4.78 is 6.71. The predicted molar refractivity (Wildman–Crippen MR) is 114 cm³/mol. The highest BCUT2D eigenvalue weighted by Crippen LogP contribution is 2.26. The van der Waals surface area contributed by atoms with E-state index in [9.17, 15) is 9.90 Å². The number of amides is 1. The molecule has 30 heavy (non-hydrogen) atoms. The van der Waals surface area contributed by atoms with Gasteiger partial charge in [-0.1, -0.05) is 43.7 Å². The molecule has 0 unspecified atom stereocenters. The van der Waals surface area contributed by atoms with E-state index in [2.05, 4.69) is 20.8 Å². The van der Waals surface area contributed by atoms with Gasteiger partial charge in [-0.15, -0.1) is 5.10 Å². The fourth-order valence-electron chi connectivity index (χ4n) is 3.13. The van der Waals surface area contributed by atoms with Gasteiger partial charge in [-0.2, -0.15) is 4.68 Å². The number of nitrogens with one attached hydrogen (secondary N) is 1. The number of methoxy groups -OCH3 is 1. The van der Waals surface area contributed by atoms with E-state index in [1.807, 2.05) is 57.2 Å². The van der Waals surface area contributed by atoms with Crippen molar-refractivity contribution in [2.75, 3.05) is 20.3 Å². The Balaban J connectivity index is 2.07. The van der Waals surface area contributed by atoms with E-state index in [0.29, 0.717) is 17.1 Å². The lowest BCUT2D eigenvalue weighted by atomic mass is 10.00. The molecule has 2 aromatic carbocycles. The van der Waals surface area contributed by atoms with Crippen LogP contribution >= 0.6 is 0 Å². The Kier molecular flexibility index (Phi) is 6.91. The van der Waals surface area contributed by atoms with Crippen LogP contribution in [-0.2, 0) is 4.74 Å². The molecule has 1 amide bonds. The molecular formula is C22H27N5O3. The van der Waals surface area contributed by atoms with E-state index in [1.54, 1.807) is 10.7 Å². The zero-order chi connectivity index (χ0) is 21.7. The zero-order valence-electron chi connectivity index (χ0n) is 17.7. The number of aryl methyl sites for hydroxylation is 1. The SMILES string of the molecule is COC[C@@H](CO)NC(=O)c1cc(-c2ccc(C)cc2)cc(-n2nnnc2C(C)C)c1. The smallest absolute Gasteiger partial charge is 0.251 e. The number of aliphatic hydroxyl groups excluding tert-OH is 1. The van der Waals surface area contributed by atoms with Crippen LogP contribution in [0.4, 0.5) is 0 Å². The normalized spacial score (nSPS) is 12.2. The molecule has 0 radical (unpaired) electrons. The number of aromatic nitrogens is 4. The third-order valence-electron chi connectivity index (χ3n) is 4.74. The van der Waals surface area contributed by atoms with Gasteiger partial charge in [0.2, 0.25) is 0 Å². The zero-order valence-corrected chi connectivity index (χ0v) is 17.7. The molecular weight excluding hydrogens is 382 g/mol. The Bertz CT molecular complexity index is 998. The third-order valence-corrected chi connectivity index (χ3v) is 4.74. The summed E-state index contributed by atoms with van der Waals surface area (Å²) in [4.78, 5) is 12.9. The molecule has 8 nitrogen and oxygen atoms in total. The van der Waals surface area contributed by atoms with Crippen LogP contribution in [0.2, 0.25) is 0 Å². The van der Waals surface area contributed by atoms with Gasteiger partial charge in [0.25, 0.3) is 5.91 Å². The maximum atomic E-state index is 12.9. The Labute approximate surface area is 175 Å². The Morgan fingerprint density at radius 3 is 2.53 bits per heavy atom. The molecule has 1 atom stereocenters. The largest absolute Gasteiger partial charge is 0.394 e. The van der Waals surface area contributed by atoms with E-state index in [-0.39, 0.29) is 25.0 Å². The number of ether oxygens (including phenoxy) is 1. The highest BCUT2D eigenvalue weighted by molar-refractivity contribution is 5.96. The number of hydrogen-bond acceptors (Lipinski definition) is 6. The molecule has 2 N–H and O–H groups in total. The molecule has 1 aromatic heterocycles. The number of aliphatic hydroxyl groups is 1. The molecule has 0 aliphatic carbocycles. The molecule has 8 heteroatoms. The third kappa shape index (κ3) is 4.90. The van der Waals surface area contributed by atoms with Crippen LogP contribution in [0.1, 0.15) is 41.5 Å². The maximum absolute atomic E-state index is 12.9. The van der Waals surface area contributed by atoms with E-state index in [1.165, 1.54) is 7.11 Å². The lowest BCUT2D eigenvalue weighted by Crippen LogP contribution is -2.40. The van der Waals surface area contributed by atoms with Crippen molar-refractivity contribution in [2.24, 2.45) is 0 Å². The number of benzene rings is 2. The Morgan fingerprint density at radius 2 is 1.90 bits per heavy atom. The lowest BCUT2D eigenvalue weighted by molar-refractivity contribution is 0.0839. The van der Waals surface area contributed by atoms with Crippen molar-refractivity contribution in [3.8, 4) is 16.8 Å². The van der Waals surface area contributed by atoms with Gasteiger partial charge in [-0.25, -0.2) is 0 Å². The summed E-state index contributed by atoms with van der Waals surface area (Å²) in [6.07, 6.45) is 0. The molecule has 0 spiro atoms. The molecule has 0 aliphatic heterocycles. The second kappa shape index (κ2) is 9.60. The van der Waals surface area contributed by atoms with Crippen molar-refractivity contribution in [1.29, 1.82) is 0 Å². The minimum absolute atomic E-state index is 0.112. The second-order valence-corrected chi connectivity index (χ2v) is 7.55. The minimum atomic E-state index is -0.492. The van der Waals surface area contributed by atoms with Gasteiger partial charge in [-0.3, -0.25) is 4.79 Å². The van der Waals surface area contributed by atoms with Gasteiger partial charge in [0.05, 0.1) is 24.9 Å². The summed E-state index contributed by atoms with van der Waals surface area (Å²) in [6, 6.07) is 13.1. The highest BCUT2D eigenvalue weighted by Gasteiger charge is 2.18. The van der Waals surface area contributed by atoms with Crippen molar-refractivity contribution in [3.63, 3.8) is 0 Å². The number of nitrogens with zero attached hydrogens (tertiary/aromatic N) is 4. The fraction of sp³-hybridized carbons (Fsp3) is 0.364. The maximum Gasteiger partial charge on any atom is 0.251 e. The van der Waals surface area contributed by atoms with Gasteiger partial charge in [0.1, 0.15) is 0 Å². The Morgan fingerprint density at radius 1 is 1.17 bits per heavy atom. The summed E-state index contributed by atoms with van der Waals surface area (Å²) in [5.41, 5.74) is 4.14. The molecule has 0 saturated heterocycles. The van der Waals surface area contributed by atoms with E-state index >= 15 is 0 Å². The average Bonchev–Trinajstić information content (AvgIpc) is 3.24. The van der Waals surface area contributed by atoms with Crippen LogP contribution in [-0.4, -0.2) is 57.6 Å². The topological polar surface area (TPSA) is 102 Å². The van der Waals surface area contributed by atoms with Gasteiger partial charge in [0, 0.05) is 18.6 Å². The molecule has 158 valence electrons. The number of rotatable bonds is 8. The van der Waals surface area contributed by atoms with E-state index in [4.69, 9.17) is 4.74 Å². The van der Waals surface area contributed by atoms with Crippen LogP contribution < -0.4 is 5.32 Å². The molecule has 1 heterocycles. The van der Waals surface area contributed by atoms with Crippen LogP contribution in [0, 0.1) is 6.92 Å². The molecule has 0 aliphatic rings. The lowest BCUT2D eigenvalue weighted by Gasteiger charge is -2.17. The van der Waals surface area contributed by atoms with E-state index in [0.717, 1.165) is 16.7 Å². The van der Waals surface area contributed by atoms with Crippen molar-refractivity contribution in [2.45, 2.75) is 32.7 Å². The first-order valence-corrected chi connectivity index (χ1v) is 9.84. The number of hydrogen-bond donors (Lipinski definition) is 2. The molecule has 3 aromatic rings. The van der Waals surface area contributed by atoms with Crippen molar-refractivity contribution in [1.82, 2.24) is 25.5 Å². The number of carbonyl (C=O) groups is 1. The van der Waals surface area contributed by atoms with Crippen molar-refractivity contribution >= 4 is 5.91 Å². The summed E-state index contributed by atoms with van der Waals surface area (Å²) >= 11 is 0. The summed E-state index contributed by atoms with van der Waals surface area (Å²) in [7, 11) is 1.52. The van der Waals surface area contributed by atoms with Gasteiger partial charge in [-0.05, 0) is 46.7 Å². The first kappa shape index (κ1) is 21.6. The van der Waals surface area contributed by atoms with Crippen LogP contribution in [0.25, 0.3) is 16.8 Å². The van der Waals surface area contributed by atoms with Crippen LogP contribution in [0.3, 0.4) is 0 Å². The van der Waals surface area contributed by atoms with Crippen molar-refractivity contribution in [3.05, 3.63) is 59.4 Å². The van der Waals surface area contributed by atoms with Gasteiger partial charge >= 0.3 is 0 Å². The summed E-state index contributed by atoms with van der Waals surface area (Å²) in [5, 5.41) is 24.3. The second-order valence-electron chi connectivity index (χ2n) is 7.55. The highest BCUT2D eigenvalue weighted by atomic mass is 16.5. The molecule has 0 fully saturated rings. The van der Waals surface area contributed by atoms with Crippen molar-refractivity contribution < 1.29 is 14.6 Å². The minimum Gasteiger partial charge on any atom is -0.394 e. The average molecular weight is 409 g/mol. The summed E-state index contributed by atoms with van der Waals surface area (Å²) in [6.45, 7) is 6.05. The predicted octanol–water partition coefficient (Wildman–Crippen LogP) is 2.50. The van der Waals surface area contributed by atoms with E-state index < -0.39 is 6.04 Å². The van der Waals surface area contributed by atoms with Crippen LogP contribution in [0.15, 0.2) is 42.5 Å². The van der Waals surface area contributed by atoms with Gasteiger partial charge < -0.3 is 15.2 Å². The molecule has 3 rings (SSSR count). The molecule has 0 saturated carbocycles. The summed E-state index contributed by atoms with van der Waals surface area (Å²) in [5.74, 6) is 0.510. The number of carbonyl (C=O) groups excluding carboxylic acids is 1. The first-order valence-electron chi connectivity index (χ1n) is 9.84. The number of tetrazole rings is 1. The standard InChI is InChI=1S/C22H27N5O3/c1-14(2)21-24-25-26-27(21)20-10-17(16-7-5-15(3)6-8-16)9-18(11-20)22(29)23-19(12-28)13-30-4/h5-11,14,19,28H,12-13H2,1-4H3,(H,23,29)/t19-/m1/s1. The quantitative estimate of drug-likeness (QED) is 0.593. The van der Waals surface area contributed by atoms with Gasteiger partial charge in [0.15, 0.2) is 5.82 Å². The molecule has 0 bridgehead atoms. The Hall–Kier alpha value is -3.10. The first-order chi connectivity index (χ1) is 14.4.